The van der Waals surface area contributed by atoms with Gasteiger partial charge in [-0.1, -0.05) is 17.7 Å². The molecule has 1 aromatic rings. The van der Waals surface area contributed by atoms with Crippen LogP contribution >= 0.6 is 0 Å². The molecule has 0 radical (unpaired) electrons. The van der Waals surface area contributed by atoms with Crippen molar-refractivity contribution < 1.29 is 9.84 Å². The molecule has 0 saturated carbocycles. The second-order valence-electron chi connectivity index (χ2n) is 4.22. The van der Waals surface area contributed by atoms with Gasteiger partial charge in [-0.3, -0.25) is 0 Å². The van der Waals surface area contributed by atoms with Crippen LogP contribution in [-0.4, -0.2) is 24.9 Å². The fourth-order valence-corrected chi connectivity index (χ4v) is 1.65. The summed E-state index contributed by atoms with van der Waals surface area (Å²) in [6.45, 7) is 6.48. The number of aliphatic hydroxyl groups is 1. The van der Waals surface area contributed by atoms with Gasteiger partial charge in [-0.05, 0) is 26.8 Å². The lowest BCUT2D eigenvalue weighted by atomic mass is 10.0. The molecule has 1 unspecified atom stereocenters. The van der Waals surface area contributed by atoms with Crippen molar-refractivity contribution in [2.75, 3.05) is 13.7 Å². The molecule has 3 nitrogen and oxygen atoms in total. The van der Waals surface area contributed by atoms with Crippen molar-refractivity contribution in [3.63, 3.8) is 0 Å². The highest BCUT2D eigenvalue weighted by Crippen LogP contribution is 2.25. The number of aliphatic hydroxyl groups excluding tert-OH is 1. The molecule has 0 amide bonds. The molecule has 1 aromatic carbocycles. The Hall–Kier alpha value is -1.06. The number of hydrogen-bond acceptors (Lipinski definition) is 3. The van der Waals surface area contributed by atoms with Gasteiger partial charge in [-0.15, -0.1) is 0 Å². The Morgan fingerprint density at radius 2 is 2.06 bits per heavy atom. The first kappa shape index (κ1) is 13.0. The fraction of sp³-hybridized carbons (Fsp3) is 0.538. The monoisotopic (exact) mass is 223 g/mol. The Labute approximate surface area is 97.4 Å². The minimum atomic E-state index is -0.335. The van der Waals surface area contributed by atoms with Crippen molar-refractivity contribution in [2.24, 2.45) is 0 Å². The topological polar surface area (TPSA) is 41.5 Å². The van der Waals surface area contributed by atoms with Crippen LogP contribution in [0, 0.1) is 6.92 Å². The third-order valence-electron chi connectivity index (χ3n) is 2.57. The molecule has 0 aliphatic carbocycles. The van der Waals surface area contributed by atoms with Crippen LogP contribution < -0.4 is 10.1 Å². The number of methoxy groups -OCH3 is 1. The van der Waals surface area contributed by atoms with Crippen LogP contribution in [0.2, 0.25) is 0 Å². The normalized spacial score (nSPS) is 14.6. The molecule has 2 atom stereocenters. The van der Waals surface area contributed by atoms with E-state index in [1.807, 2.05) is 12.1 Å². The van der Waals surface area contributed by atoms with Gasteiger partial charge in [-0.25, -0.2) is 0 Å². The zero-order chi connectivity index (χ0) is 12.1. The van der Waals surface area contributed by atoms with E-state index in [0.29, 0.717) is 6.54 Å². The summed E-state index contributed by atoms with van der Waals surface area (Å²) >= 11 is 0. The van der Waals surface area contributed by atoms with Gasteiger partial charge in [0.05, 0.1) is 13.2 Å². The fourth-order valence-electron chi connectivity index (χ4n) is 1.65. The zero-order valence-corrected chi connectivity index (χ0v) is 10.4. The third-order valence-corrected chi connectivity index (χ3v) is 2.57. The van der Waals surface area contributed by atoms with Crippen LogP contribution in [0.5, 0.6) is 5.75 Å². The number of ether oxygens (including phenoxy) is 1. The van der Waals surface area contributed by atoms with Crippen molar-refractivity contribution in [1.29, 1.82) is 0 Å². The Kier molecular flexibility index (Phi) is 4.77. The third kappa shape index (κ3) is 3.51. The van der Waals surface area contributed by atoms with Crippen LogP contribution in [-0.2, 0) is 0 Å². The lowest BCUT2D eigenvalue weighted by Gasteiger charge is -2.18. The Morgan fingerprint density at radius 1 is 1.38 bits per heavy atom. The van der Waals surface area contributed by atoms with Crippen molar-refractivity contribution >= 4 is 0 Å². The van der Waals surface area contributed by atoms with Gasteiger partial charge >= 0.3 is 0 Å². The van der Waals surface area contributed by atoms with E-state index in [1.165, 1.54) is 5.56 Å². The number of rotatable bonds is 5. The highest BCUT2D eigenvalue weighted by molar-refractivity contribution is 5.38. The predicted octanol–water partition coefficient (Wildman–Crippen LogP) is 2.04. The summed E-state index contributed by atoms with van der Waals surface area (Å²) in [7, 11) is 1.68. The van der Waals surface area contributed by atoms with E-state index in [-0.39, 0.29) is 12.1 Å². The van der Waals surface area contributed by atoms with Crippen LogP contribution in [0.15, 0.2) is 18.2 Å². The average Bonchev–Trinajstić information content (AvgIpc) is 2.25. The highest BCUT2D eigenvalue weighted by Gasteiger charge is 2.11. The summed E-state index contributed by atoms with van der Waals surface area (Å²) in [6, 6.07) is 6.29. The summed E-state index contributed by atoms with van der Waals surface area (Å²) in [5, 5.41) is 12.5. The van der Waals surface area contributed by atoms with Crippen molar-refractivity contribution in [2.45, 2.75) is 32.9 Å². The summed E-state index contributed by atoms with van der Waals surface area (Å²) in [5.41, 5.74) is 2.34. The molecule has 1 rings (SSSR count). The van der Waals surface area contributed by atoms with Crippen LogP contribution in [0.25, 0.3) is 0 Å². The quantitative estimate of drug-likeness (QED) is 0.802. The molecule has 0 fully saturated rings. The van der Waals surface area contributed by atoms with Gasteiger partial charge in [-0.2, -0.15) is 0 Å². The molecule has 0 saturated heterocycles. The maximum Gasteiger partial charge on any atom is 0.123 e. The molecule has 0 heterocycles. The van der Waals surface area contributed by atoms with Crippen molar-refractivity contribution in [3.8, 4) is 5.75 Å². The zero-order valence-electron chi connectivity index (χ0n) is 10.4. The maximum absolute atomic E-state index is 9.24. The summed E-state index contributed by atoms with van der Waals surface area (Å²) in [6.07, 6.45) is -0.335. The molecule has 16 heavy (non-hydrogen) atoms. The molecule has 2 N–H and O–H groups in total. The SMILES string of the molecule is COc1ccc(C)cc1C(C)NC[C@@H](C)O. The Balaban J connectivity index is 2.80. The molecule has 90 valence electrons. The molecule has 3 heteroatoms. The van der Waals surface area contributed by atoms with Crippen molar-refractivity contribution in [1.82, 2.24) is 5.32 Å². The summed E-state index contributed by atoms with van der Waals surface area (Å²) in [4.78, 5) is 0. The lowest BCUT2D eigenvalue weighted by Crippen LogP contribution is -2.27. The molecule has 0 aromatic heterocycles. The standard InChI is InChI=1S/C13H21NO2/c1-9-5-6-13(16-4)12(7-9)11(3)14-8-10(2)15/h5-7,10-11,14-15H,8H2,1-4H3/t10-,11?/m1/s1. The largest absolute Gasteiger partial charge is 0.496 e. The van der Waals surface area contributed by atoms with Crippen LogP contribution in [0.3, 0.4) is 0 Å². The second kappa shape index (κ2) is 5.87. The van der Waals surface area contributed by atoms with Gasteiger partial charge in [0, 0.05) is 18.2 Å². The van der Waals surface area contributed by atoms with E-state index in [0.717, 1.165) is 11.3 Å². The van der Waals surface area contributed by atoms with E-state index in [4.69, 9.17) is 4.74 Å². The molecule has 0 aliphatic rings. The van der Waals surface area contributed by atoms with E-state index >= 15 is 0 Å². The van der Waals surface area contributed by atoms with Gasteiger partial charge in [0.1, 0.15) is 5.75 Å². The highest BCUT2D eigenvalue weighted by atomic mass is 16.5. The van der Waals surface area contributed by atoms with Gasteiger partial charge < -0.3 is 15.2 Å². The Morgan fingerprint density at radius 3 is 2.62 bits per heavy atom. The van der Waals surface area contributed by atoms with E-state index < -0.39 is 0 Å². The number of hydrogen-bond donors (Lipinski definition) is 2. The second-order valence-corrected chi connectivity index (χ2v) is 4.22. The molecule has 0 aliphatic heterocycles. The van der Waals surface area contributed by atoms with E-state index in [2.05, 4.69) is 25.2 Å². The predicted molar refractivity (Wildman–Crippen MR) is 65.8 cm³/mol. The first-order valence-electron chi connectivity index (χ1n) is 5.60. The minimum Gasteiger partial charge on any atom is -0.496 e. The van der Waals surface area contributed by atoms with E-state index in [1.54, 1.807) is 14.0 Å². The summed E-state index contributed by atoms with van der Waals surface area (Å²) < 4.78 is 5.33. The smallest absolute Gasteiger partial charge is 0.123 e. The Bertz CT molecular complexity index is 337. The lowest BCUT2D eigenvalue weighted by molar-refractivity contribution is 0.187. The van der Waals surface area contributed by atoms with Crippen LogP contribution in [0.4, 0.5) is 0 Å². The minimum absolute atomic E-state index is 0.171. The van der Waals surface area contributed by atoms with Gasteiger partial charge in [0.15, 0.2) is 0 Å². The van der Waals surface area contributed by atoms with Crippen molar-refractivity contribution in [3.05, 3.63) is 29.3 Å². The molecule has 0 bridgehead atoms. The van der Waals surface area contributed by atoms with Gasteiger partial charge in [0.25, 0.3) is 0 Å². The first-order valence-corrected chi connectivity index (χ1v) is 5.60. The van der Waals surface area contributed by atoms with Crippen LogP contribution in [0.1, 0.15) is 31.0 Å². The molecular formula is C13H21NO2. The maximum atomic E-state index is 9.24. The summed E-state index contributed by atoms with van der Waals surface area (Å²) in [5.74, 6) is 0.885. The van der Waals surface area contributed by atoms with Gasteiger partial charge in [0.2, 0.25) is 0 Å². The van der Waals surface area contributed by atoms with E-state index in [9.17, 15) is 5.11 Å². The number of benzene rings is 1. The number of aryl methyl sites for hydroxylation is 1. The molecular weight excluding hydrogens is 202 g/mol. The molecule has 0 spiro atoms. The number of nitrogens with one attached hydrogen (secondary N) is 1. The average molecular weight is 223 g/mol. The first-order chi connectivity index (χ1) is 7.54.